The first-order valence-electron chi connectivity index (χ1n) is 5.06. The number of hydrogen-bond acceptors (Lipinski definition) is 2. The Bertz CT molecular complexity index is 269. The third-order valence-corrected chi connectivity index (χ3v) is 2.17. The minimum Gasteiger partial charge on any atom is -0.396 e. The van der Waals surface area contributed by atoms with Gasteiger partial charge < -0.3 is 5.11 Å². The van der Waals surface area contributed by atoms with Gasteiger partial charge >= 0.3 is 0 Å². The van der Waals surface area contributed by atoms with E-state index >= 15 is 0 Å². The van der Waals surface area contributed by atoms with E-state index in [1.54, 1.807) is 0 Å². The lowest BCUT2D eigenvalue weighted by atomic mass is 10.1. The molecule has 0 heterocycles. The molecule has 1 rings (SSSR count). The molecular weight excluding hydrogens is 174 g/mol. The summed E-state index contributed by atoms with van der Waals surface area (Å²) in [5.74, 6) is 0. The summed E-state index contributed by atoms with van der Waals surface area (Å²) >= 11 is 0. The fourth-order valence-electron chi connectivity index (χ4n) is 1.26. The Hall–Kier alpha value is -1.15. The normalized spacial score (nSPS) is 13.3. The molecule has 1 atom stereocenters. The van der Waals surface area contributed by atoms with Crippen LogP contribution in [0.25, 0.3) is 0 Å². The van der Waals surface area contributed by atoms with E-state index in [1.807, 2.05) is 36.5 Å². The van der Waals surface area contributed by atoms with Crippen LogP contribution in [0.5, 0.6) is 0 Å². The average molecular weight is 191 g/mol. The summed E-state index contributed by atoms with van der Waals surface area (Å²) < 4.78 is 0. The Kier molecular flexibility index (Phi) is 4.94. The zero-order chi connectivity index (χ0) is 10.2. The van der Waals surface area contributed by atoms with Crippen molar-refractivity contribution in [2.45, 2.75) is 25.8 Å². The van der Waals surface area contributed by atoms with Gasteiger partial charge in [0.25, 0.3) is 0 Å². The van der Waals surface area contributed by atoms with Crippen molar-refractivity contribution in [3.05, 3.63) is 35.9 Å². The first-order valence-corrected chi connectivity index (χ1v) is 5.06. The molecule has 0 aliphatic carbocycles. The molecule has 0 spiro atoms. The van der Waals surface area contributed by atoms with Gasteiger partial charge in [0.1, 0.15) is 0 Å². The van der Waals surface area contributed by atoms with Gasteiger partial charge in [-0.2, -0.15) is 0 Å². The van der Waals surface area contributed by atoms with E-state index in [4.69, 9.17) is 5.11 Å². The van der Waals surface area contributed by atoms with Gasteiger partial charge in [0.2, 0.25) is 0 Å². The molecule has 14 heavy (non-hydrogen) atoms. The average Bonchev–Trinajstić information content (AvgIpc) is 2.25. The summed E-state index contributed by atoms with van der Waals surface area (Å²) in [7, 11) is 0. The summed E-state index contributed by atoms with van der Waals surface area (Å²) in [6.07, 6.45) is 3.60. The number of aliphatic hydroxyl groups is 1. The predicted octanol–water partition coefficient (Wildman–Crippen LogP) is 2.27. The summed E-state index contributed by atoms with van der Waals surface area (Å²) in [6.45, 7) is 2.30. The van der Waals surface area contributed by atoms with Gasteiger partial charge in [-0.3, -0.25) is 4.99 Å². The Morgan fingerprint density at radius 3 is 2.64 bits per heavy atom. The molecule has 0 bridgehead atoms. The zero-order valence-corrected chi connectivity index (χ0v) is 8.56. The van der Waals surface area contributed by atoms with Gasteiger partial charge in [-0.25, -0.2) is 0 Å². The third-order valence-electron chi connectivity index (χ3n) is 2.17. The lowest BCUT2D eigenvalue weighted by molar-refractivity contribution is 0.275. The second kappa shape index (κ2) is 6.33. The van der Waals surface area contributed by atoms with Crippen LogP contribution in [0.4, 0.5) is 0 Å². The van der Waals surface area contributed by atoms with Gasteiger partial charge in [0.15, 0.2) is 0 Å². The fourth-order valence-corrected chi connectivity index (χ4v) is 1.26. The molecule has 0 fully saturated rings. The first kappa shape index (κ1) is 10.9. The highest BCUT2D eigenvalue weighted by molar-refractivity contribution is 5.79. The fraction of sp³-hybridized carbons (Fsp3) is 0.417. The Morgan fingerprint density at radius 2 is 2.07 bits per heavy atom. The van der Waals surface area contributed by atoms with Crippen molar-refractivity contribution >= 4 is 6.21 Å². The molecule has 0 aliphatic heterocycles. The molecule has 1 N–H and O–H groups in total. The van der Waals surface area contributed by atoms with Crippen LogP contribution in [0.3, 0.4) is 0 Å². The van der Waals surface area contributed by atoms with Crippen LogP contribution in [-0.2, 0) is 0 Å². The topological polar surface area (TPSA) is 32.6 Å². The van der Waals surface area contributed by atoms with Crippen molar-refractivity contribution in [3.63, 3.8) is 0 Å². The smallest absolute Gasteiger partial charge is 0.0519 e. The van der Waals surface area contributed by atoms with Gasteiger partial charge in [-0.05, 0) is 18.4 Å². The van der Waals surface area contributed by atoms with Crippen molar-refractivity contribution in [2.75, 3.05) is 6.61 Å². The SMILES string of the molecule is CCC(CCO)N=Cc1ccccc1. The van der Waals surface area contributed by atoms with E-state index in [9.17, 15) is 0 Å². The summed E-state index contributed by atoms with van der Waals surface area (Å²) in [6, 6.07) is 10.3. The highest BCUT2D eigenvalue weighted by Gasteiger charge is 2.00. The van der Waals surface area contributed by atoms with Gasteiger partial charge in [0, 0.05) is 12.8 Å². The predicted molar refractivity (Wildman–Crippen MR) is 59.8 cm³/mol. The maximum atomic E-state index is 8.79. The van der Waals surface area contributed by atoms with Crippen molar-refractivity contribution in [1.82, 2.24) is 0 Å². The number of hydrogen-bond donors (Lipinski definition) is 1. The lowest BCUT2D eigenvalue weighted by Crippen LogP contribution is -2.05. The largest absolute Gasteiger partial charge is 0.396 e. The van der Waals surface area contributed by atoms with Crippen LogP contribution < -0.4 is 0 Å². The highest BCUT2D eigenvalue weighted by Crippen LogP contribution is 2.03. The molecule has 1 aromatic carbocycles. The molecule has 1 unspecified atom stereocenters. The number of rotatable bonds is 5. The third kappa shape index (κ3) is 3.71. The van der Waals surface area contributed by atoms with Crippen LogP contribution >= 0.6 is 0 Å². The highest BCUT2D eigenvalue weighted by atomic mass is 16.3. The second-order valence-electron chi connectivity index (χ2n) is 3.26. The van der Waals surface area contributed by atoms with Gasteiger partial charge in [-0.1, -0.05) is 37.3 Å². The second-order valence-corrected chi connectivity index (χ2v) is 3.26. The van der Waals surface area contributed by atoms with E-state index in [2.05, 4.69) is 11.9 Å². The molecule has 0 saturated carbocycles. The first-order chi connectivity index (χ1) is 6.86. The Balaban J connectivity index is 2.53. The monoisotopic (exact) mass is 191 g/mol. The molecule has 0 radical (unpaired) electrons. The van der Waals surface area contributed by atoms with Crippen LogP contribution in [-0.4, -0.2) is 24.0 Å². The van der Waals surface area contributed by atoms with Crippen molar-refractivity contribution in [2.24, 2.45) is 4.99 Å². The molecule has 76 valence electrons. The van der Waals surface area contributed by atoms with Gasteiger partial charge in [0.05, 0.1) is 6.04 Å². The van der Waals surface area contributed by atoms with Crippen molar-refractivity contribution < 1.29 is 5.11 Å². The standard InChI is InChI=1S/C12H17NO/c1-2-12(8-9-14)13-10-11-6-4-3-5-7-11/h3-7,10,12,14H,2,8-9H2,1H3. The molecule has 2 heteroatoms. The van der Waals surface area contributed by atoms with Crippen molar-refractivity contribution in [3.8, 4) is 0 Å². The lowest BCUT2D eigenvalue weighted by Gasteiger charge is -2.06. The van der Waals surface area contributed by atoms with Crippen LogP contribution in [0.15, 0.2) is 35.3 Å². The minimum absolute atomic E-state index is 0.213. The molecule has 2 nitrogen and oxygen atoms in total. The quantitative estimate of drug-likeness (QED) is 0.711. The number of nitrogens with zero attached hydrogens (tertiary/aromatic N) is 1. The van der Waals surface area contributed by atoms with Gasteiger partial charge in [-0.15, -0.1) is 0 Å². The summed E-state index contributed by atoms with van der Waals surface area (Å²) in [5.41, 5.74) is 1.11. The van der Waals surface area contributed by atoms with E-state index in [0.717, 1.165) is 18.4 Å². The minimum atomic E-state index is 0.213. The number of aliphatic imine (C=N–C) groups is 1. The van der Waals surface area contributed by atoms with Crippen molar-refractivity contribution in [1.29, 1.82) is 0 Å². The van der Waals surface area contributed by atoms with Crippen LogP contribution in [0, 0.1) is 0 Å². The Morgan fingerprint density at radius 1 is 1.36 bits per heavy atom. The molecule has 0 aliphatic rings. The molecule has 0 aromatic heterocycles. The summed E-state index contributed by atoms with van der Waals surface area (Å²) in [5, 5.41) is 8.79. The van der Waals surface area contributed by atoms with Crippen LogP contribution in [0.2, 0.25) is 0 Å². The summed E-state index contributed by atoms with van der Waals surface area (Å²) in [4.78, 5) is 4.42. The van der Waals surface area contributed by atoms with E-state index < -0.39 is 0 Å². The number of benzene rings is 1. The van der Waals surface area contributed by atoms with E-state index in [1.165, 1.54) is 0 Å². The molecule has 0 saturated heterocycles. The maximum Gasteiger partial charge on any atom is 0.0519 e. The van der Waals surface area contributed by atoms with E-state index in [-0.39, 0.29) is 12.6 Å². The molecular formula is C12H17NO. The molecule has 1 aromatic rings. The van der Waals surface area contributed by atoms with E-state index in [0.29, 0.717) is 0 Å². The zero-order valence-electron chi connectivity index (χ0n) is 8.56. The van der Waals surface area contributed by atoms with Crippen LogP contribution in [0.1, 0.15) is 25.3 Å². The maximum absolute atomic E-state index is 8.79. The Labute approximate surface area is 85.3 Å². The number of aliphatic hydroxyl groups excluding tert-OH is 1. The molecule has 0 amide bonds.